The summed E-state index contributed by atoms with van der Waals surface area (Å²) < 4.78 is 24.8. The van der Waals surface area contributed by atoms with Gasteiger partial charge in [0.15, 0.2) is 5.13 Å². The van der Waals surface area contributed by atoms with Crippen molar-refractivity contribution in [2.45, 2.75) is 26.5 Å². The van der Waals surface area contributed by atoms with Crippen molar-refractivity contribution in [3.05, 3.63) is 130 Å². The largest absolute Gasteiger partial charge is 0.507 e. The summed E-state index contributed by atoms with van der Waals surface area (Å²) in [7, 11) is 0. The van der Waals surface area contributed by atoms with Gasteiger partial charge in [-0.3, -0.25) is 14.5 Å². The SMILES string of the molecule is C=CCOC(=O)c1sc(N2C(=O)C(=O)C(=C(O)c3ccc(OCc4cccc(C)c4)cc3)C2c2ccc(F)cc2)nc1C. The van der Waals surface area contributed by atoms with Crippen LogP contribution < -0.4 is 9.64 Å². The molecule has 8 nitrogen and oxygen atoms in total. The Balaban J connectivity index is 1.51. The molecule has 1 aromatic heterocycles. The van der Waals surface area contributed by atoms with E-state index in [1.165, 1.54) is 30.3 Å². The number of rotatable bonds is 9. The predicted octanol–water partition coefficient (Wildman–Crippen LogP) is 6.45. The number of aliphatic hydroxyl groups is 1. The van der Waals surface area contributed by atoms with Crippen molar-refractivity contribution in [3.63, 3.8) is 0 Å². The van der Waals surface area contributed by atoms with Gasteiger partial charge in [-0.2, -0.15) is 0 Å². The van der Waals surface area contributed by atoms with E-state index in [1.807, 2.05) is 31.2 Å². The fourth-order valence-corrected chi connectivity index (χ4v) is 5.69. The minimum atomic E-state index is -1.14. The molecule has 43 heavy (non-hydrogen) atoms. The molecule has 4 aromatic rings. The van der Waals surface area contributed by atoms with Crippen molar-refractivity contribution in [1.82, 2.24) is 4.98 Å². The first kappa shape index (κ1) is 29.4. The molecule has 218 valence electrons. The van der Waals surface area contributed by atoms with E-state index in [-0.39, 0.29) is 27.8 Å². The van der Waals surface area contributed by atoms with Gasteiger partial charge in [0.25, 0.3) is 5.78 Å². The molecule has 0 radical (unpaired) electrons. The highest BCUT2D eigenvalue weighted by Crippen LogP contribution is 2.44. The average Bonchev–Trinajstić information content (AvgIpc) is 3.51. The van der Waals surface area contributed by atoms with Gasteiger partial charge in [0.2, 0.25) is 0 Å². The summed E-state index contributed by atoms with van der Waals surface area (Å²) in [5.74, 6) is -2.94. The molecule has 10 heteroatoms. The lowest BCUT2D eigenvalue weighted by Gasteiger charge is -2.23. The Kier molecular flexibility index (Phi) is 8.49. The fourth-order valence-electron chi connectivity index (χ4n) is 4.70. The zero-order chi connectivity index (χ0) is 30.7. The number of ketones is 1. The van der Waals surface area contributed by atoms with E-state index in [9.17, 15) is 23.9 Å². The van der Waals surface area contributed by atoms with Crippen molar-refractivity contribution in [2.24, 2.45) is 0 Å². The highest BCUT2D eigenvalue weighted by molar-refractivity contribution is 7.17. The van der Waals surface area contributed by atoms with E-state index < -0.39 is 35.3 Å². The normalized spacial score (nSPS) is 15.9. The Morgan fingerprint density at radius 2 is 1.81 bits per heavy atom. The van der Waals surface area contributed by atoms with E-state index in [0.29, 0.717) is 23.6 Å². The quantitative estimate of drug-likeness (QED) is 0.0776. The topological polar surface area (TPSA) is 106 Å². The molecule has 1 aliphatic heterocycles. The molecule has 1 unspecified atom stereocenters. The van der Waals surface area contributed by atoms with Crippen LogP contribution in [0.5, 0.6) is 5.75 Å². The Morgan fingerprint density at radius 3 is 2.49 bits per heavy atom. The summed E-state index contributed by atoms with van der Waals surface area (Å²) in [5, 5.41) is 11.5. The smallest absolute Gasteiger partial charge is 0.350 e. The minimum Gasteiger partial charge on any atom is -0.507 e. The lowest BCUT2D eigenvalue weighted by atomic mass is 9.95. The molecule has 2 heterocycles. The first-order valence-electron chi connectivity index (χ1n) is 13.3. The first-order chi connectivity index (χ1) is 20.7. The Labute approximate surface area is 251 Å². The van der Waals surface area contributed by atoms with Crippen LogP contribution in [0, 0.1) is 19.7 Å². The summed E-state index contributed by atoms with van der Waals surface area (Å²) in [4.78, 5) is 45.1. The predicted molar refractivity (Wildman–Crippen MR) is 160 cm³/mol. The van der Waals surface area contributed by atoms with E-state index in [2.05, 4.69) is 11.6 Å². The van der Waals surface area contributed by atoms with Crippen molar-refractivity contribution < 1.29 is 33.4 Å². The third-order valence-corrected chi connectivity index (χ3v) is 7.89. The van der Waals surface area contributed by atoms with Crippen LogP contribution in [0.3, 0.4) is 0 Å². The summed E-state index contributed by atoms with van der Waals surface area (Å²) in [6, 6.07) is 18.5. The van der Waals surface area contributed by atoms with Gasteiger partial charge in [-0.1, -0.05) is 66.0 Å². The van der Waals surface area contributed by atoms with E-state index in [4.69, 9.17) is 9.47 Å². The van der Waals surface area contributed by atoms with Gasteiger partial charge in [0, 0.05) is 5.56 Å². The molecular formula is C33H27FN2O6S. The minimum absolute atomic E-state index is 0.0125. The van der Waals surface area contributed by atoms with Crippen LogP contribution in [-0.4, -0.2) is 34.4 Å². The van der Waals surface area contributed by atoms with Crippen molar-refractivity contribution in [2.75, 3.05) is 11.5 Å². The van der Waals surface area contributed by atoms with Gasteiger partial charge in [0.05, 0.1) is 17.3 Å². The number of aromatic nitrogens is 1. The molecule has 1 fully saturated rings. The molecular weight excluding hydrogens is 571 g/mol. The number of anilines is 1. The van der Waals surface area contributed by atoms with Gasteiger partial charge in [-0.15, -0.1) is 0 Å². The number of aryl methyl sites for hydroxylation is 2. The second kappa shape index (κ2) is 12.4. The number of Topliss-reactive ketones (excluding diaryl/α,β-unsaturated/α-hetero) is 1. The van der Waals surface area contributed by atoms with Crippen LogP contribution in [0.15, 0.2) is 91.0 Å². The number of esters is 1. The number of ether oxygens (including phenoxy) is 2. The molecule has 0 saturated carbocycles. The number of carbonyl (C=O) groups is 3. The van der Waals surface area contributed by atoms with Gasteiger partial charge in [-0.25, -0.2) is 14.2 Å². The number of hydrogen-bond donors (Lipinski definition) is 1. The van der Waals surface area contributed by atoms with Crippen LogP contribution in [0.2, 0.25) is 0 Å². The van der Waals surface area contributed by atoms with Crippen LogP contribution >= 0.6 is 11.3 Å². The number of amides is 1. The molecule has 1 amide bonds. The third-order valence-electron chi connectivity index (χ3n) is 6.75. The number of thiazole rings is 1. The number of benzene rings is 3. The Bertz CT molecular complexity index is 1740. The number of nitrogens with zero attached hydrogens (tertiary/aromatic N) is 2. The molecule has 0 aliphatic carbocycles. The van der Waals surface area contributed by atoms with Crippen molar-refractivity contribution in [3.8, 4) is 5.75 Å². The van der Waals surface area contributed by atoms with E-state index in [1.54, 1.807) is 31.2 Å². The van der Waals surface area contributed by atoms with Crippen molar-refractivity contribution >= 4 is 39.9 Å². The first-order valence-corrected chi connectivity index (χ1v) is 14.1. The number of halogens is 1. The maximum atomic E-state index is 13.9. The standard InChI is InChI=1S/C33H27FN2O6S/c1-4-16-41-32(40)30-20(3)35-33(43-30)36-27(22-8-12-24(34)13-9-22)26(29(38)31(36)39)28(37)23-10-14-25(15-11-23)42-18-21-7-5-6-19(2)17-21/h4-15,17,27,37H,1,16,18H2,2-3H3. The van der Waals surface area contributed by atoms with Gasteiger partial charge in [0.1, 0.15) is 35.4 Å². The number of hydrogen-bond acceptors (Lipinski definition) is 8. The molecule has 5 rings (SSSR count). The summed E-state index contributed by atoms with van der Waals surface area (Å²) >= 11 is 0.877. The number of carbonyl (C=O) groups excluding carboxylic acids is 3. The summed E-state index contributed by atoms with van der Waals surface area (Å²) in [6.45, 7) is 7.43. The lowest BCUT2D eigenvalue weighted by Crippen LogP contribution is -2.29. The number of aliphatic hydroxyl groups excluding tert-OH is 1. The van der Waals surface area contributed by atoms with Crippen LogP contribution in [-0.2, 0) is 20.9 Å². The van der Waals surface area contributed by atoms with Gasteiger partial charge < -0.3 is 14.6 Å². The molecule has 0 spiro atoms. The van der Waals surface area contributed by atoms with E-state index >= 15 is 0 Å². The third kappa shape index (κ3) is 6.09. The maximum absolute atomic E-state index is 13.9. The second-order valence-electron chi connectivity index (χ2n) is 9.82. The van der Waals surface area contributed by atoms with Crippen LogP contribution in [0.25, 0.3) is 5.76 Å². The molecule has 1 aliphatic rings. The van der Waals surface area contributed by atoms with Crippen LogP contribution in [0.4, 0.5) is 9.52 Å². The highest BCUT2D eigenvalue weighted by Gasteiger charge is 2.48. The molecule has 1 saturated heterocycles. The lowest BCUT2D eigenvalue weighted by molar-refractivity contribution is -0.132. The van der Waals surface area contributed by atoms with Crippen molar-refractivity contribution in [1.29, 1.82) is 0 Å². The van der Waals surface area contributed by atoms with Crippen LogP contribution in [0.1, 0.15) is 43.7 Å². The Morgan fingerprint density at radius 1 is 1.09 bits per heavy atom. The molecule has 0 bridgehead atoms. The zero-order valence-corrected chi connectivity index (χ0v) is 24.2. The Hall–Kier alpha value is -5.09. The van der Waals surface area contributed by atoms with E-state index in [0.717, 1.165) is 27.4 Å². The summed E-state index contributed by atoms with van der Waals surface area (Å²) in [5.41, 5.74) is 2.86. The molecule has 1 atom stereocenters. The van der Waals surface area contributed by atoms with Gasteiger partial charge in [-0.05, 0) is 61.4 Å². The monoisotopic (exact) mass is 598 g/mol. The molecule has 1 N–H and O–H groups in total. The zero-order valence-electron chi connectivity index (χ0n) is 23.4. The molecule has 3 aromatic carbocycles. The van der Waals surface area contributed by atoms with Gasteiger partial charge >= 0.3 is 11.9 Å². The second-order valence-corrected chi connectivity index (χ2v) is 10.8. The fraction of sp³-hybridized carbons (Fsp3) is 0.152. The average molecular weight is 599 g/mol. The summed E-state index contributed by atoms with van der Waals surface area (Å²) in [6.07, 6.45) is 1.42. The highest BCUT2D eigenvalue weighted by atomic mass is 32.1. The maximum Gasteiger partial charge on any atom is 0.350 e.